The van der Waals surface area contributed by atoms with Crippen molar-refractivity contribution in [3.63, 3.8) is 0 Å². The van der Waals surface area contributed by atoms with E-state index in [2.05, 4.69) is 53.9 Å². The van der Waals surface area contributed by atoms with Crippen molar-refractivity contribution < 1.29 is 0 Å². The Kier molecular flexibility index (Phi) is 2.72. The first kappa shape index (κ1) is 13.8. The van der Waals surface area contributed by atoms with Crippen LogP contribution < -0.4 is 5.73 Å². The quantitative estimate of drug-likeness (QED) is 0.565. The Balaban J connectivity index is 2.06. The molecule has 0 spiro atoms. The smallest absolute Gasteiger partial charge is 0.164 e. The molecule has 6 nitrogen and oxygen atoms in total. The molecule has 0 fully saturated rings. The third-order valence-electron chi connectivity index (χ3n) is 3.96. The summed E-state index contributed by atoms with van der Waals surface area (Å²) in [5.41, 5.74) is 9.56. The number of hydrogen-bond acceptors (Lipinski definition) is 4. The van der Waals surface area contributed by atoms with E-state index in [4.69, 9.17) is 10.8 Å². The largest absolute Gasteiger partial charge is 0.383 e. The second-order valence-corrected chi connectivity index (χ2v) is 6.67. The van der Waals surface area contributed by atoms with Gasteiger partial charge in [0.1, 0.15) is 17.8 Å². The summed E-state index contributed by atoms with van der Waals surface area (Å²) in [5.74, 6) is 0.451. The predicted molar refractivity (Wildman–Crippen MR) is 92.0 cm³/mol. The van der Waals surface area contributed by atoms with E-state index in [1.807, 2.05) is 16.9 Å². The van der Waals surface area contributed by atoms with Gasteiger partial charge < -0.3 is 10.7 Å². The van der Waals surface area contributed by atoms with Crippen molar-refractivity contribution in [1.29, 1.82) is 0 Å². The molecule has 4 aromatic rings. The molecule has 0 bridgehead atoms. The van der Waals surface area contributed by atoms with Crippen molar-refractivity contribution in [3.8, 4) is 11.3 Å². The van der Waals surface area contributed by atoms with Crippen LogP contribution in [0.3, 0.4) is 0 Å². The average Bonchev–Trinajstić information content (AvgIpc) is 3.10. The molecule has 0 saturated heterocycles. The molecule has 0 unspecified atom stereocenters. The summed E-state index contributed by atoms with van der Waals surface area (Å²) in [6.07, 6.45) is 3.41. The van der Waals surface area contributed by atoms with E-state index >= 15 is 0 Å². The molecular formula is C17H18N6. The van der Waals surface area contributed by atoms with E-state index in [0.717, 1.165) is 33.2 Å². The number of nitrogens with one attached hydrogen (secondary N) is 1. The van der Waals surface area contributed by atoms with E-state index in [0.29, 0.717) is 5.82 Å². The minimum Gasteiger partial charge on any atom is -0.383 e. The van der Waals surface area contributed by atoms with E-state index in [1.165, 1.54) is 6.33 Å². The summed E-state index contributed by atoms with van der Waals surface area (Å²) in [6.45, 7) is 6.28. The van der Waals surface area contributed by atoms with E-state index in [9.17, 15) is 0 Å². The maximum absolute atomic E-state index is 6.13. The highest BCUT2D eigenvalue weighted by Gasteiger charge is 2.23. The number of aromatic amines is 1. The van der Waals surface area contributed by atoms with E-state index in [1.54, 1.807) is 0 Å². The second kappa shape index (κ2) is 4.55. The third-order valence-corrected chi connectivity index (χ3v) is 3.96. The number of rotatable bonds is 1. The minimum atomic E-state index is -0.201. The van der Waals surface area contributed by atoms with Crippen molar-refractivity contribution in [2.75, 3.05) is 5.73 Å². The van der Waals surface area contributed by atoms with E-state index in [-0.39, 0.29) is 5.54 Å². The molecule has 0 saturated carbocycles. The Morgan fingerprint density at radius 2 is 1.96 bits per heavy atom. The number of nitrogens with two attached hydrogens (primary N) is 1. The van der Waals surface area contributed by atoms with Crippen molar-refractivity contribution in [2.24, 2.45) is 0 Å². The molecule has 3 N–H and O–H groups in total. The molecule has 3 aromatic heterocycles. The molecule has 3 heterocycles. The molecule has 0 amide bonds. The molecule has 0 radical (unpaired) electrons. The first-order valence-corrected chi connectivity index (χ1v) is 7.52. The highest BCUT2D eigenvalue weighted by Crippen LogP contribution is 2.33. The average molecular weight is 306 g/mol. The number of H-pyrrole nitrogens is 1. The number of nitrogens with zero attached hydrogens (tertiary/aromatic N) is 4. The van der Waals surface area contributed by atoms with Crippen molar-refractivity contribution in [3.05, 3.63) is 36.8 Å². The van der Waals surface area contributed by atoms with Gasteiger partial charge in [0.2, 0.25) is 0 Å². The Morgan fingerprint density at radius 1 is 1.13 bits per heavy atom. The Hall–Kier alpha value is -2.89. The Bertz CT molecular complexity index is 1020. The van der Waals surface area contributed by atoms with Crippen LogP contribution in [0, 0.1) is 0 Å². The lowest BCUT2D eigenvalue weighted by molar-refractivity contribution is 0.367. The van der Waals surface area contributed by atoms with Crippen LogP contribution in [-0.4, -0.2) is 24.7 Å². The molecule has 1 aromatic carbocycles. The summed E-state index contributed by atoms with van der Waals surface area (Å²) in [5, 5.41) is 6.77. The fourth-order valence-corrected chi connectivity index (χ4v) is 2.84. The van der Waals surface area contributed by atoms with Crippen LogP contribution in [0.15, 0.2) is 36.8 Å². The number of anilines is 1. The number of nitrogen functional groups attached to an aromatic ring is 1. The highest BCUT2D eigenvalue weighted by molar-refractivity contribution is 5.99. The second-order valence-electron chi connectivity index (χ2n) is 6.67. The maximum atomic E-state index is 6.13. The van der Waals surface area contributed by atoms with Crippen molar-refractivity contribution in [1.82, 2.24) is 24.7 Å². The molecule has 0 aliphatic heterocycles. The normalized spacial score (nSPS) is 12.3. The van der Waals surface area contributed by atoms with Crippen LogP contribution >= 0.6 is 0 Å². The van der Waals surface area contributed by atoms with Gasteiger partial charge in [0, 0.05) is 17.3 Å². The van der Waals surface area contributed by atoms with Gasteiger partial charge in [0.05, 0.1) is 10.9 Å². The first-order valence-electron chi connectivity index (χ1n) is 7.52. The number of fused-ring (bicyclic) bond motifs is 2. The van der Waals surface area contributed by atoms with E-state index < -0.39 is 0 Å². The van der Waals surface area contributed by atoms with Crippen LogP contribution in [0.2, 0.25) is 0 Å². The highest BCUT2D eigenvalue weighted by atomic mass is 15.3. The molecule has 116 valence electrons. The van der Waals surface area contributed by atoms with Crippen LogP contribution in [0.4, 0.5) is 5.82 Å². The minimum absolute atomic E-state index is 0.201. The van der Waals surface area contributed by atoms with Crippen LogP contribution in [0.1, 0.15) is 20.8 Å². The molecule has 6 heteroatoms. The van der Waals surface area contributed by atoms with Crippen LogP contribution in [0.5, 0.6) is 0 Å². The SMILES string of the molecule is CC(C)(C)n1nc(-c2ccc3cc[nH]c3c2)c2c(N)ncnc21. The zero-order valence-corrected chi connectivity index (χ0v) is 13.3. The molecule has 0 aliphatic rings. The summed E-state index contributed by atoms with van der Waals surface area (Å²) in [4.78, 5) is 11.8. The van der Waals surface area contributed by atoms with Crippen molar-refractivity contribution in [2.45, 2.75) is 26.3 Å². The van der Waals surface area contributed by atoms with Crippen LogP contribution in [0.25, 0.3) is 33.2 Å². The van der Waals surface area contributed by atoms with Gasteiger partial charge in [0.25, 0.3) is 0 Å². The first-order chi connectivity index (χ1) is 10.9. The molecular weight excluding hydrogens is 288 g/mol. The number of benzene rings is 1. The topological polar surface area (TPSA) is 85.4 Å². The summed E-state index contributed by atoms with van der Waals surface area (Å²) >= 11 is 0. The van der Waals surface area contributed by atoms with Gasteiger partial charge in [-0.3, -0.25) is 0 Å². The van der Waals surface area contributed by atoms with Crippen LogP contribution in [-0.2, 0) is 5.54 Å². The number of hydrogen-bond donors (Lipinski definition) is 2. The molecule has 4 rings (SSSR count). The molecule has 23 heavy (non-hydrogen) atoms. The lowest BCUT2D eigenvalue weighted by Crippen LogP contribution is -2.23. The lowest BCUT2D eigenvalue weighted by Gasteiger charge is -2.19. The number of aromatic nitrogens is 5. The zero-order chi connectivity index (χ0) is 16.2. The van der Waals surface area contributed by atoms with Gasteiger partial charge in [-0.1, -0.05) is 12.1 Å². The lowest BCUT2D eigenvalue weighted by atomic mass is 10.1. The monoisotopic (exact) mass is 306 g/mol. The van der Waals surface area contributed by atoms with Crippen molar-refractivity contribution >= 4 is 27.8 Å². The van der Waals surface area contributed by atoms with Gasteiger partial charge in [-0.25, -0.2) is 14.6 Å². The summed E-state index contributed by atoms with van der Waals surface area (Å²) in [6, 6.07) is 8.25. The Labute approximate surface area is 133 Å². The maximum Gasteiger partial charge on any atom is 0.164 e. The third kappa shape index (κ3) is 2.06. The zero-order valence-electron chi connectivity index (χ0n) is 13.3. The molecule has 0 atom stereocenters. The van der Waals surface area contributed by atoms with Gasteiger partial charge in [-0.2, -0.15) is 5.10 Å². The fraction of sp³-hybridized carbons (Fsp3) is 0.235. The fourth-order valence-electron chi connectivity index (χ4n) is 2.84. The van der Waals surface area contributed by atoms with Gasteiger partial charge in [-0.15, -0.1) is 0 Å². The Morgan fingerprint density at radius 3 is 2.74 bits per heavy atom. The molecule has 0 aliphatic carbocycles. The predicted octanol–water partition coefficient (Wildman–Crippen LogP) is 3.31. The summed E-state index contributed by atoms with van der Waals surface area (Å²) < 4.78 is 1.91. The standard InChI is InChI=1S/C17H18N6/c1-17(2,3)23-16-13(15(18)20-9-21-16)14(22-23)11-5-4-10-6-7-19-12(10)8-11/h4-9,19H,1-3H3,(H2,18,20,21). The van der Waals surface area contributed by atoms with Gasteiger partial charge in [0.15, 0.2) is 5.65 Å². The summed E-state index contributed by atoms with van der Waals surface area (Å²) in [7, 11) is 0. The van der Waals surface area contributed by atoms with Gasteiger partial charge >= 0.3 is 0 Å². The van der Waals surface area contributed by atoms with Gasteiger partial charge in [-0.05, 0) is 38.3 Å².